The normalized spacial score (nSPS) is 12.2. The smallest absolute Gasteiger partial charge is 0.319 e. The molecule has 32 heavy (non-hydrogen) atoms. The quantitative estimate of drug-likeness (QED) is 0.474. The van der Waals surface area contributed by atoms with E-state index in [0.29, 0.717) is 12.2 Å². The van der Waals surface area contributed by atoms with Gasteiger partial charge in [-0.15, -0.1) is 11.3 Å². The molecule has 2 amide bonds. The molecule has 0 bridgehead atoms. The predicted octanol–water partition coefficient (Wildman–Crippen LogP) is 5.02. The van der Waals surface area contributed by atoms with Gasteiger partial charge in [-0.25, -0.2) is 9.78 Å². The second-order valence-corrected chi connectivity index (χ2v) is 7.80. The van der Waals surface area contributed by atoms with Crippen molar-refractivity contribution in [2.45, 2.75) is 25.9 Å². The number of rotatable bonds is 8. The number of methoxy groups -OCH3 is 1. The lowest BCUT2D eigenvalue weighted by Gasteiger charge is -2.30. The predicted molar refractivity (Wildman–Crippen MR) is 128 cm³/mol. The molecule has 2 aromatic carbocycles. The van der Waals surface area contributed by atoms with Gasteiger partial charge >= 0.3 is 6.03 Å². The molecule has 0 radical (unpaired) electrons. The maximum atomic E-state index is 11.7. The van der Waals surface area contributed by atoms with Gasteiger partial charge in [-0.05, 0) is 49.2 Å². The molecule has 0 aliphatic carbocycles. The van der Waals surface area contributed by atoms with Crippen LogP contribution in [0.15, 0.2) is 60.1 Å². The standard InChI is InChI=1S/C25H27N3O3S/c1-4-25(30-3,23-27-14-16-32-23)20-11-7-13-22(18-20)31-15-8-10-19-9-6-12-21(17-19)28-24(29)26-5-2/h6-7,9,11-14,16-18H,4-5,15H2,1-3H3,(H2,26,28,29). The van der Waals surface area contributed by atoms with Crippen LogP contribution in [0.1, 0.15) is 36.4 Å². The molecule has 0 fully saturated rings. The van der Waals surface area contributed by atoms with Crippen LogP contribution >= 0.6 is 11.3 Å². The number of nitrogens with zero attached hydrogens (tertiary/aromatic N) is 1. The third kappa shape index (κ3) is 5.67. The molecule has 1 aromatic heterocycles. The van der Waals surface area contributed by atoms with Crippen LogP contribution in [-0.4, -0.2) is 31.3 Å². The highest BCUT2D eigenvalue weighted by atomic mass is 32.1. The summed E-state index contributed by atoms with van der Waals surface area (Å²) in [5, 5.41) is 8.35. The van der Waals surface area contributed by atoms with Crippen molar-refractivity contribution in [1.29, 1.82) is 0 Å². The van der Waals surface area contributed by atoms with Crippen molar-refractivity contribution in [2.24, 2.45) is 0 Å². The van der Waals surface area contributed by atoms with E-state index in [0.717, 1.165) is 28.3 Å². The van der Waals surface area contributed by atoms with Crippen molar-refractivity contribution in [3.8, 4) is 17.6 Å². The molecule has 1 atom stereocenters. The Labute approximate surface area is 193 Å². The Kier molecular flexibility index (Phi) is 8.26. The SMILES string of the molecule is CCNC(=O)Nc1cccc(C#CCOc2cccc(C(CC)(OC)c3nccs3)c2)c1. The van der Waals surface area contributed by atoms with Gasteiger partial charge in [-0.3, -0.25) is 0 Å². The fourth-order valence-corrected chi connectivity index (χ4v) is 4.26. The van der Waals surface area contributed by atoms with Crippen LogP contribution in [0.2, 0.25) is 0 Å². The molecule has 1 heterocycles. The van der Waals surface area contributed by atoms with Gasteiger partial charge in [0.15, 0.2) is 0 Å². The van der Waals surface area contributed by atoms with Gasteiger partial charge in [-0.2, -0.15) is 0 Å². The highest BCUT2D eigenvalue weighted by molar-refractivity contribution is 7.09. The number of ether oxygens (including phenoxy) is 2. The summed E-state index contributed by atoms with van der Waals surface area (Å²) < 4.78 is 11.8. The molecule has 3 aromatic rings. The number of nitrogens with one attached hydrogen (secondary N) is 2. The number of hydrogen-bond donors (Lipinski definition) is 2. The van der Waals surface area contributed by atoms with Crippen molar-refractivity contribution < 1.29 is 14.3 Å². The van der Waals surface area contributed by atoms with Gasteiger partial charge in [0.25, 0.3) is 0 Å². The zero-order valence-corrected chi connectivity index (χ0v) is 19.3. The van der Waals surface area contributed by atoms with Gasteiger partial charge in [0.05, 0.1) is 0 Å². The van der Waals surface area contributed by atoms with Gasteiger partial charge in [-0.1, -0.05) is 37.0 Å². The summed E-state index contributed by atoms with van der Waals surface area (Å²) in [5.41, 5.74) is 1.88. The summed E-state index contributed by atoms with van der Waals surface area (Å²) in [5.74, 6) is 6.82. The summed E-state index contributed by atoms with van der Waals surface area (Å²) in [4.78, 5) is 16.1. The molecular weight excluding hydrogens is 422 g/mol. The van der Waals surface area contributed by atoms with Crippen molar-refractivity contribution in [2.75, 3.05) is 25.6 Å². The molecule has 0 aliphatic rings. The van der Waals surface area contributed by atoms with E-state index in [1.807, 2.05) is 60.8 Å². The third-order valence-electron chi connectivity index (χ3n) is 4.93. The Hall–Kier alpha value is -3.34. The minimum absolute atomic E-state index is 0.237. The topological polar surface area (TPSA) is 72.5 Å². The first-order valence-corrected chi connectivity index (χ1v) is 11.3. The average molecular weight is 450 g/mol. The summed E-state index contributed by atoms with van der Waals surface area (Å²) in [6.07, 6.45) is 2.54. The first-order chi connectivity index (χ1) is 15.6. The molecule has 0 aliphatic heterocycles. The third-order valence-corrected chi connectivity index (χ3v) is 5.84. The first-order valence-electron chi connectivity index (χ1n) is 10.4. The van der Waals surface area contributed by atoms with Crippen LogP contribution in [0.4, 0.5) is 10.5 Å². The van der Waals surface area contributed by atoms with Crippen molar-refractivity contribution in [1.82, 2.24) is 10.3 Å². The van der Waals surface area contributed by atoms with Crippen LogP contribution in [0.5, 0.6) is 5.75 Å². The van der Waals surface area contributed by atoms with E-state index in [2.05, 4.69) is 34.4 Å². The van der Waals surface area contributed by atoms with Gasteiger partial charge < -0.3 is 20.1 Å². The molecule has 7 heteroatoms. The summed E-state index contributed by atoms with van der Waals surface area (Å²) >= 11 is 1.58. The minimum atomic E-state index is -0.600. The zero-order valence-electron chi connectivity index (χ0n) is 18.5. The number of carbonyl (C=O) groups is 1. The Morgan fingerprint density at radius 2 is 2.03 bits per heavy atom. The Morgan fingerprint density at radius 1 is 1.19 bits per heavy atom. The maximum Gasteiger partial charge on any atom is 0.319 e. The number of thiazole rings is 1. The molecule has 6 nitrogen and oxygen atoms in total. The number of urea groups is 1. The summed E-state index contributed by atoms with van der Waals surface area (Å²) in [6, 6.07) is 15.0. The van der Waals surface area contributed by atoms with E-state index in [1.165, 1.54) is 0 Å². The van der Waals surface area contributed by atoms with E-state index in [-0.39, 0.29) is 12.6 Å². The second-order valence-electron chi connectivity index (χ2n) is 6.91. The van der Waals surface area contributed by atoms with Gasteiger partial charge in [0.2, 0.25) is 0 Å². The van der Waals surface area contributed by atoms with E-state index >= 15 is 0 Å². The molecule has 2 N–H and O–H groups in total. The van der Waals surface area contributed by atoms with Gasteiger partial charge in [0, 0.05) is 36.5 Å². The molecule has 0 saturated heterocycles. The lowest BCUT2D eigenvalue weighted by atomic mass is 9.91. The molecule has 3 rings (SSSR count). The minimum Gasteiger partial charge on any atom is -0.481 e. The lowest BCUT2D eigenvalue weighted by Crippen LogP contribution is -2.29. The largest absolute Gasteiger partial charge is 0.481 e. The van der Waals surface area contributed by atoms with E-state index < -0.39 is 5.60 Å². The van der Waals surface area contributed by atoms with Crippen molar-refractivity contribution in [3.05, 3.63) is 76.2 Å². The summed E-state index contributed by atoms with van der Waals surface area (Å²) in [7, 11) is 1.71. The van der Waals surface area contributed by atoms with Crippen LogP contribution in [0.3, 0.4) is 0 Å². The zero-order chi connectivity index (χ0) is 22.8. The molecule has 0 saturated carbocycles. The number of anilines is 1. The van der Waals surface area contributed by atoms with Crippen LogP contribution in [0, 0.1) is 11.8 Å². The Balaban J connectivity index is 1.67. The van der Waals surface area contributed by atoms with Gasteiger partial charge in [0.1, 0.15) is 23.0 Å². The second kappa shape index (κ2) is 11.3. The lowest BCUT2D eigenvalue weighted by molar-refractivity contribution is 0.0182. The average Bonchev–Trinajstić information content (AvgIpc) is 3.34. The highest BCUT2D eigenvalue weighted by Gasteiger charge is 2.35. The Bertz CT molecular complexity index is 1080. The number of amides is 2. The number of aromatic nitrogens is 1. The maximum absolute atomic E-state index is 11.7. The monoisotopic (exact) mass is 449 g/mol. The van der Waals surface area contributed by atoms with Crippen LogP contribution in [0.25, 0.3) is 0 Å². The van der Waals surface area contributed by atoms with E-state index in [1.54, 1.807) is 24.6 Å². The van der Waals surface area contributed by atoms with E-state index in [4.69, 9.17) is 9.47 Å². The van der Waals surface area contributed by atoms with Crippen LogP contribution < -0.4 is 15.4 Å². The molecule has 166 valence electrons. The summed E-state index contributed by atoms with van der Waals surface area (Å²) in [6.45, 7) is 4.75. The van der Waals surface area contributed by atoms with Crippen LogP contribution in [-0.2, 0) is 10.3 Å². The van der Waals surface area contributed by atoms with E-state index in [9.17, 15) is 4.79 Å². The Morgan fingerprint density at radius 3 is 2.75 bits per heavy atom. The number of hydrogen-bond acceptors (Lipinski definition) is 5. The number of benzene rings is 2. The fraction of sp³-hybridized carbons (Fsp3) is 0.280. The van der Waals surface area contributed by atoms with Crippen molar-refractivity contribution in [3.63, 3.8) is 0 Å². The van der Waals surface area contributed by atoms with Crippen molar-refractivity contribution >= 4 is 23.1 Å². The fourth-order valence-electron chi connectivity index (χ4n) is 3.36. The first kappa shape index (κ1) is 23.3. The molecular formula is C25H27N3O3S. The molecule has 1 unspecified atom stereocenters. The number of carbonyl (C=O) groups excluding carboxylic acids is 1. The highest BCUT2D eigenvalue weighted by Crippen LogP contribution is 2.38. The molecule has 0 spiro atoms.